The molecule has 1 rings (SSSR count). The van der Waals surface area contributed by atoms with Crippen LogP contribution in [-0.4, -0.2) is 25.5 Å². The van der Waals surface area contributed by atoms with Gasteiger partial charge in [0.1, 0.15) is 0 Å². The Bertz CT molecular complexity index is 87.1. The normalized spacial score (nSPS) is 35.3. The Morgan fingerprint density at radius 1 is 1.78 bits per heavy atom. The zero-order chi connectivity index (χ0) is 6.69. The molecule has 3 heteroatoms. The van der Waals surface area contributed by atoms with Crippen molar-refractivity contribution in [2.45, 2.75) is 25.6 Å². The van der Waals surface area contributed by atoms with Gasteiger partial charge in [-0.25, -0.2) is 0 Å². The van der Waals surface area contributed by atoms with Crippen molar-refractivity contribution in [3.8, 4) is 0 Å². The van der Waals surface area contributed by atoms with Gasteiger partial charge in [-0.2, -0.15) is 0 Å². The first-order chi connectivity index (χ1) is 4.34. The molecule has 2 N–H and O–H groups in total. The summed E-state index contributed by atoms with van der Waals surface area (Å²) in [5, 5.41) is 0. The molecule has 2 atom stereocenters. The minimum absolute atomic E-state index is 0.230. The van der Waals surface area contributed by atoms with Crippen molar-refractivity contribution < 1.29 is 9.47 Å². The van der Waals surface area contributed by atoms with E-state index in [1.165, 1.54) is 0 Å². The quantitative estimate of drug-likeness (QED) is 0.540. The predicted molar refractivity (Wildman–Crippen MR) is 34.0 cm³/mol. The van der Waals surface area contributed by atoms with E-state index in [0.29, 0.717) is 6.73 Å². The van der Waals surface area contributed by atoms with Crippen LogP contribution in [-0.2, 0) is 9.47 Å². The van der Waals surface area contributed by atoms with Crippen molar-refractivity contribution in [3.63, 3.8) is 0 Å². The van der Waals surface area contributed by atoms with Gasteiger partial charge in [0, 0.05) is 6.61 Å². The number of rotatable bonds is 2. The largest absolute Gasteiger partial charge is 0.376 e. The Labute approximate surface area is 55.1 Å². The summed E-state index contributed by atoms with van der Waals surface area (Å²) < 4.78 is 10.4. The third-order valence-electron chi connectivity index (χ3n) is 1.62. The van der Waals surface area contributed by atoms with Crippen molar-refractivity contribution in [1.82, 2.24) is 0 Å². The fraction of sp³-hybridized carbons (Fsp3) is 1.00. The molecule has 0 aromatic rings. The molecule has 1 aliphatic rings. The smallest absolute Gasteiger partial charge is 0.0945 e. The molecule has 1 aliphatic heterocycles. The van der Waals surface area contributed by atoms with Gasteiger partial charge in [0.2, 0.25) is 0 Å². The summed E-state index contributed by atoms with van der Waals surface area (Å²) in [6, 6.07) is 0. The molecule has 0 spiro atoms. The minimum Gasteiger partial charge on any atom is -0.376 e. The minimum atomic E-state index is 0.230. The van der Waals surface area contributed by atoms with Gasteiger partial charge in [-0.15, -0.1) is 0 Å². The van der Waals surface area contributed by atoms with Crippen LogP contribution in [0.5, 0.6) is 0 Å². The highest BCUT2D eigenvalue weighted by atomic mass is 16.6. The molecule has 0 radical (unpaired) electrons. The SMILES string of the molecule is CC1OCCC1OCN. The second-order valence-corrected chi connectivity index (χ2v) is 2.24. The fourth-order valence-electron chi connectivity index (χ4n) is 1.05. The summed E-state index contributed by atoms with van der Waals surface area (Å²) in [4.78, 5) is 0. The van der Waals surface area contributed by atoms with Crippen molar-refractivity contribution in [1.29, 1.82) is 0 Å². The van der Waals surface area contributed by atoms with Crippen LogP contribution < -0.4 is 5.73 Å². The van der Waals surface area contributed by atoms with E-state index in [1.54, 1.807) is 0 Å². The van der Waals surface area contributed by atoms with E-state index in [2.05, 4.69) is 0 Å². The van der Waals surface area contributed by atoms with E-state index in [4.69, 9.17) is 15.2 Å². The lowest BCUT2D eigenvalue weighted by molar-refractivity contribution is 0.00254. The van der Waals surface area contributed by atoms with E-state index < -0.39 is 0 Å². The van der Waals surface area contributed by atoms with Crippen LogP contribution in [0.1, 0.15) is 13.3 Å². The zero-order valence-corrected chi connectivity index (χ0v) is 5.67. The maximum atomic E-state index is 5.24. The van der Waals surface area contributed by atoms with Gasteiger partial charge >= 0.3 is 0 Å². The molecule has 0 aromatic carbocycles. The van der Waals surface area contributed by atoms with E-state index in [9.17, 15) is 0 Å². The molecule has 9 heavy (non-hydrogen) atoms. The lowest BCUT2D eigenvalue weighted by Crippen LogP contribution is -2.24. The Balaban J connectivity index is 2.22. The highest BCUT2D eigenvalue weighted by Crippen LogP contribution is 2.15. The third kappa shape index (κ3) is 1.64. The molecule has 3 nitrogen and oxygen atoms in total. The summed E-state index contributed by atoms with van der Waals surface area (Å²) >= 11 is 0. The van der Waals surface area contributed by atoms with Gasteiger partial charge in [-0.1, -0.05) is 0 Å². The molecule has 0 aromatic heterocycles. The summed E-state index contributed by atoms with van der Waals surface area (Å²) in [5.74, 6) is 0. The number of ether oxygens (including phenoxy) is 2. The second-order valence-electron chi connectivity index (χ2n) is 2.24. The van der Waals surface area contributed by atoms with Crippen molar-refractivity contribution in [2.24, 2.45) is 5.73 Å². The summed E-state index contributed by atoms with van der Waals surface area (Å²) in [6.07, 6.45) is 1.45. The highest BCUT2D eigenvalue weighted by Gasteiger charge is 2.23. The first-order valence-corrected chi connectivity index (χ1v) is 3.28. The van der Waals surface area contributed by atoms with Crippen LogP contribution in [0.4, 0.5) is 0 Å². The molecule has 0 aliphatic carbocycles. The van der Waals surface area contributed by atoms with E-state index in [1.807, 2.05) is 6.92 Å². The maximum Gasteiger partial charge on any atom is 0.0945 e. The number of nitrogens with two attached hydrogens (primary N) is 1. The van der Waals surface area contributed by atoms with Crippen molar-refractivity contribution >= 4 is 0 Å². The van der Waals surface area contributed by atoms with Crippen LogP contribution in [0.2, 0.25) is 0 Å². The Hall–Kier alpha value is -0.120. The van der Waals surface area contributed by atoms with E-state index >= 15 is 0 Å². The average molecular weight is 131 g/mol. The lowest BCUT2D eigenvalue weighted by Gasteiger charge is -2.12. The van der Waals surface area contributed by atoms with Gasteiger partial charge in [-0.3, -0.25) is 0 Å². The van der Waals surface area contributed by atoms with Crippen LogP contribution in [0.25, 0.3) is 0 Å². The van der Waals surface area contributed by atoms with Crippen molar-refractivity contribution in [3.05, 3.63) is 0 Å². The Kier molecular flexibility index (Phi) is 2.45. The summed E-state index contributed by atoms with van der Waals surface area (Å²) in [5.41, 5.74) is 5.19. The molecule has 1 saturated heterocycles. The molecule has 54 valence electrons. The second kappa shape index (κ2) is 3.15. The van der Waals surface area contributed by atoms with Gasteiger partial charge in [-0.05, 0) is 13.3 Å². The monoisotopic (exact) mass is 131 g/mol. The van der Waals surface area contributed by atoms with Gasteiger partial charge in [0.05, 0.1) is 18.9 Å². The fourth-order valence-corrected chi connectivity index (χ4v) is 1.05. The molecule has 0 bridgehead atoms. The molecule has 0 saturated carbocycles. The molecule has 0 amide bonds. The van der Waals surface area contributed by atoms with Gasteiger partial charge in [0.15, 0.2) is 0 Å². The third-order valence-corrected chi connectivity index (χ3v) is 1.62. The van der Waals surface area contributed by atoms with Crippen LogP contribution in [0.15, 0.2) is 0 Å². The molecule has 1 heterocycles. The number of hydrogen-bond acceptors (Lipinski definition) is 3. The van der Waals surface area contributed by atoms with Gasteiger partial charge in [0.25, 0.3) is 0 Å². The van der Waals surface area contributed by atoms with E-state index in [-0.39, 0.29) is 12.2 Å². The highest BCUT2D eigenvalue weighted by molar-refractivity contribution is 4.71. The Morgan fingerprint density at radius 2 is 2.56 bits per heavy atom. The average Bonchev–Trinajstić information content (AvgIpc) is 2.18. The van der Waals surface area contributed by atoms with Crippen LogP contribution >= 0.6 is 0 Å². The first-order valence-electron chi connectivity index (χ1n) is 3.28. The molecule has 1 fully saturated rings. The summed E-state index contributed by atoms with van der Waals surface area (Å²) in [6.45, 7) is 3.12. The first kappa shape index (κ1) is 6.99. The lowest BCUT2D eigenvalue weighted by atomic mass is 10.2. The topological polar surface area (TPSA) is 44.5 Å². The molecular weight excluding hydrogens is 118 g/mol. The molecule has 2 unspecified atom stereocenters. The predicted octanol–water partition coefficient (Wildman–Crippen LogP) is 0.0966. The maximum absolute atomic E-state index is 5.24. The summed E-state index contributed by atoms with van der Waals surface area (Å²) in [7, 11) is 0. The van der Waals surface area contributed by atoms with E-state index in [0.717, 1.165) is 13.0 Å². The van der Waals surface area contributed by atoms with Gasteiger partial charge < -0.3 is 15.2 Å². The zero-order valence-electron chi connectivity index (χ0n) is 5.67. The number of hydrogen-bond donors (Lipinski definition) is 1. The van der Waals surface area contributed by atoms with Crippen molar-refractivity contribution in [2.75, 3.05) is 13.3 Å². The van der Waals surface area contributed by atoms with Crippen LogP contribution in [0.3, 0.4) is 0 Å². The standard InChI is InChI=1S/C6H13NO2/c1-5-6(9-4-7)2-3-8-5/h5-6H,2-4,7H2,1H3. The Morgan fingerprint density at radius 3 is 3.00 bits per heavy atom. The molecular formula is C6H13NO2. The van der Waals surface area contributed by atoms with Crippen LogP contribution in [0, 0.1) is 0 Å².